The van der Waals surface area contributed by atoms with Gasteiger partial charge in [-0.05, 0) is 42.5 Å². The number of rotatable bonds is 5. The summed E-state index contributed by atoms with van der Waals surface area (Å²) in [5.41, 5.74) is 1.79. The van der Waals surface area contributed by atoms with Gasteiger partial charge in [-0.25, -0.2) is 4.79 Å². The van der Waals surface area contributed by atoms with E-state index in [0.29, 0.717) is 13.2 Å². The number of hydrogen-bond donors (Lipinski definition) is 3. The minimum Gasteiger partial charge on any atom is -0.492 e. The van der Waals surface area contributed by atoms with Gasteiger partial charge in [-0.3, -0.25) is 0 Å². The molecule has 6 heteroatoms. The van der Waals surface area contributed by atoms with Crippen molar-refractivity contribution < 1.29 is 9.53 Å². The van der Waals surface area contributed by atoms with Crippen molar-refractivity contribution in [1.29, 1.82) is 0 Å². The molecule has 0 fully saturated rings. The zero-order valence-electron chi connectivity index (χ0n) is 12.3. The number of carbonyl (C=O) groups is 1. The molecule has 0 saturated carbocycles. The molecule has 118 valence electrons. The van der Waals surface area contributed by atoms with Gasteiger partial charge < -0.3 is 20.4 Å². The van der Waals surface area contributed by atoms with Crippen LogP contribution in [0.2, 0.25) is 0 Å². The van der Waals surface area contributed by atoms with Crippen molar-refractivity contribution >= 4 is 38.6 Å². The first-order valence-electron chi connectivity index (χ1n) is 7.21. The fraction of sp³-hybridized carbons (Fsp3) is 0.118. The summed E-state index contributed by atoms with van der Waals surface area (Å²) in [5.74, 6) is 0.763. The van der Waals surface area contributed by atoms with E-state index in [1.807, 2.05) is 54.7 Å². The lowest BCUT2D eigenvalue weighted by atomic mass is 10.2. The fourth-order valence-corrected chi connectivity index (χ4v) is 2.57. The molecule has 1 aromatic heterocycles. The van der Waals surface area contributed by atoms with Crippen molar-refractivity contribution in [2.24, 2.45) is 0 Å². The van der Waals surface area contributed by atoms with Crippen LogP contribution in [-0.4, -0.2) is 24.2 Å². The van der Waals surface area contributed by atoms with Crippen molar-refractivity contribution in [3.8, 4) is 5.75 Å². The standard InChI is InChI=1S/C17H16BrN3O2/c18-13-2-1-3-15(11-13)23-9-8-20-17(22)21-14-4-5-16-12(10-14)6-7-19-16/h1-7,10-11,19H,8-9H2,(H2,20,21,22). The first-order valence-corrected chi connectivity index (χ1v) is 8.00. The number of amides is 2. The van der Waals surface area contributed by atoms with Gasteiger partial charge in [-0.15, -0.1) is 0 Å². The third kappa shape index (κ3) is 4.26. The maximum Gasteiger partial charge on any atom is 0.319 e. The molecule has 2 amide bonds. The molecule has 3 N–H and O–H groups in total. The summed E-state index contributed by atoms with van der Waals surface area (Å²) in [6.07, 6.45) is 1.87. The van der Waals surface area contributed by atoms with Gasteiger partial charge >= 0.3 is 6.03 Å². The molecule has 3 rings (SSSR count). The fourth-order valence-electron chi connectivity index (χ4n) is 2.20. The van der Waals surface area contributed by atoms with E-state index in [-0.39, 0.29) is 6.03 Å². The molecular weight excluding hydrogens is 358 g/mol. The van der Waals surface area contributed by atoms with Crippen molar-refractivity contribution in [3.05, 3.63) is 59.2 Å². The number of aromatic amines is 1. The number of benzene rings is 2. The van der Waals surface area contributed by atoms with Crippen LogP contribution in [0.3, 0.4) is 0 Å². The monoisotopic (exact) mass is 373 g/mol. The molecule has 0 radical (unpaired) electrons. The Morgan fingerprint density at radius 1 is 1.17 bits per heavy atom. The van der Waals surface area contributed by atoms with E-state index in [0.717, 1.165) is 26.8 Å². The largest absolute Gasteiger partial charge is 0.492 e. The van der Waals surface area contributed by atoms with Crippen LogP contribution >= 0.6 is 15.9 Å². The van der Waals surface area contributed by atoms with Gasteiger partial charge in [-0.2, -0.15) is 0 Å². The Labute approximate surface area is 142 Å². The average molecular weight is 374 g/mol. The van der Waals surface area contributed by atoms with Crippen LogP contribution in [0.4, 0.5) is 10.5 Å². The van der Waals surface area contributed by atoms with E-state index in [2.05, 4.69) is 31.5 Å². The third-order valence-electron chi connectivity index (χ3n) is 3.26. The number of nitrogens with one attached hydrogen (secondary N) is 3. The van der Waals surface area contributed by atoms with Gasteiger partial charge in [0.05, 0.1) is 6.54 Å². The van der Waals surface area contributed by atoms with Crippen LogP contribution in [-0.2, 0) is 0 Å². The normalized spacial score (nSPS) is 10.5. The van der Waals surface area contributed by atoms with E-state index in [1.54, 1.807) is 0 Å². The zero-order valence-corrected chi connectivity index (χ0v) is 13.9. The van der Waals surface area contributed by atoms with Gasteiger partial charge in [0.2, 0.25) is 0 Å². The molecule has 23 heavy (non-hydrogen) atoms. The second-order valence-electron chi connectivity index (χ2n) is 4.97. The Kier molecular flexibility index (Phi) is 4.83. The number of fused-ring (bicyclic) bond motifs is 1. The van der Waals surface area contributed by atoms with Crippen molar-refractivity contribution in [2.75, 3.05) is 18.5 Å². The number of halogens is 1. The van der Waals surface area contributed by atoms with E-state index in [4.69, 9.17) is 4.74 Å². The summed E-state index contributed by atoms with van der Waals surface area (Å²) < 4.78 is 6.52. The van der Waals surface area contributed by atoms with E-state index < -0.39 is 0 Å². The molecule has 0 saturated heterocycles. The molecule has 1 heterocycles. The Morgan fingerprint density at radius 3 is 2.96 bits per heavy atom. The highest BCUT2D eigenvalue weighted by atomic mass is 79.9. The van der Waals surface area contributed by atoms with Crippen molar-refractivity contribution in [3.63, 3.8) is 0 Å². The molecule has 0 aliphatic heterocycles. The summed E-state index contributed by atoms with van der Waals surface area (Å²) in [7, 11) is 0. The topological polar surface area (TPSA) is 66.2 Å². The van der Waals surface area contributed by atoms with Crippen LogP contribution in [0.25, 0.3) is 10.9 Å². The molecule has 0 aliphatic carbocycles. The Bertz CT molecular complexity index is 816. The summed E-state index contributed by atoms with van der Waals surface area (Å²) >= 11 is 3.38. The predicted molar refractivity (Wildman–Crippen MR) is 95.0 cm³/mol. The highest BCUT2D eigenvalue weighted by Crippen LogP contribution is 2.18. The summed E-state index contributed by atoms with van der Waals surface area (Å²) in [6.45, 7) is 0.825. The van der Waals surface area contributed by atoms with Crippen LogP contribution in [0.5, 0.6) is 5.75 Å². The maximum absolute atomic E-state index is 11.9. The van der Waals surface area contributed by atoms with Crippen LogP contribution < -0.4 is 15.4 Å². The van der Waals surface area contributed by atoms with E-state index >= 15 is 0 Å². The van der Waals surface area contributed by atoms with Crippen LogP contribution in [0, 0.1) is 0 Å². The Balaban J connectivity index is 1.44. The molecule has 2 aromatic carbocycles. The number of anilines is 1. The van der Waals surface area contributed by atoms with Gasteiger partial charge in [0.15, 0.2) is 0 Å². The Morgan fingerprint density at radius 2 is 2.09 bits per heavy atom. The quantitative estimate of drug-likeness (QED) is 0.588. The van der Waals surface area contributed by atoms with Crippen LogP contribution in [0.1, 0.15) is 0 Å². The summed E-state index contributed by atoms with van der Waals surface area (Å²) in [6, 6.07) is 15.0. The SMILES string of the molecule is O=C(NCCOc1cccc(Br)c1)Nc1ccc2[nH]ccc2c1. The molecule has 0 atom stereocenters. The van der Waals surface area contributed by atoms with Crippen LogP contribution in [0.15, 0.2) is 59.2 Å². The highest BCUT2D eigenvalue weighted by molar-refractivity contribution is 9.10. The van der Waals surface area contributed by atoms with Crippen molar-refractivity contribution in [2.45, 2.75) is 0 Å². The van der Waals surface area contributed by atoms with E-state index in [9.17, 15) is 4.79 Å². The minimum atomic E-state index is -0.252. The predicted octanol–water partition coefficient (Wildman–Crippen LogP) is 4.13. The summed E-state index contributed by atoms with van der Waals surface area (Å²) in [5, 5.41) is 6.62. The summed E-state index contributed by atoms with van der Waals surface area (Å²) in [4.78, 5) is 15.0. The van der Waals surface area contributed by atoms with Gasteiger partial charge in [-0.1, -0.05) is 22.0 Å². The zero-order chi connectivity index (χ0) is 16.1. The van der Waals surface area contributed by atoms with Gasteiger partial charge in [0.1, 0.15) is 12.4 Å². The second kappa shape index (κ2) is 7.19. The first-order chi connectivity index (χ1) is 11.2. The molecular formula is C17H16BrN3O2. The van der Waals surface area contributed by atoms with Gasteiger partial charge in [0.25, 0.3) is 0 Å². The number of ether oxygens (including phenoxy) is 1. The molecule has 0 unspecified atom stereocenters. The molecule has 5 nitrogen and oxygen atoms in total. The smallest absolute Gasteiger partial charge is 0.319 e. The molecule has 0 spiro atoms. The molecule has 0 bridgehead atoms. The van der Waals surface area contributed by atoms with E-state index in [1.165, 1.54) is 0 Å². The van der Waals surface area contributed by atoms with Crippen molar-refractivity contribution in [1.82, 2.24) is 10.3 Å². The average Bonchev–Trinajstić information content (AvgIpc) is 2.99. The number of H-pyrrole nitrogens is 1. The lowest BCUT2D eigenvalue weighted by Crippen LogP contribution is -2.32. The second-order valence-corrected chi connectivity index (χ2v) is 5.88. The number of urea groups is 1. The lowest BCUT2D eigenvalue weighted by molar-refractivity contribution is 0.247. The number of carbonyl (C=O) groups excluding carboxylic acids is 1. The molecule has 0 aliphatic rings. The maximum atomic E-state index is 11.9. The highest BCUT2D eigenvalue weighted by Gasteiger charge is 2.03. The number of hydrogen-bond acceptors (Lipinski definition) is 2. The third-order valence-corrected chi connectivity index (χ3v) is 3.76. The minimum absolute atomic E-state index is 0.252. The molecule has 3 aromatic rings. The number of aromatic nitrogens is 1. The van der Waals surface area contributed by atoms with Gasteiger partial charge in [0, 0.05) is 27.3 Å². The lowest BCUT2D eigenvalue weighted by Gasteiger charge is -2.09. The Hall–Kier alpha value is -2.47. The first kappa shape index (κ1) is 15.4.